The fourth-order valence-electron chi connectivity index (χ4n) is 3.14. The highest BCUT2D eigenvalue weighted by molar-refractivity contribution is 7.90. The number of rotatable bonds is 3. The molecule has 0 spiro atoms. The molecular weight excluding hydrogens is 380 g/mol. The van der Waals surface area contributed by atoms with Crippen molar-refractivity contribution in [2.45, 2.75) is 4.90 Å². The van der Waals surface area contributed by atoms with E-state index < -0.39 is 27.4 Å². The average Bonchev–Trinajstić information content (AvgIpc) is 2.70. The number of aliphatic hydroxyl groups is 1. The van der Waals surface area contributed by atoms with Gasteiger partial charge in [-0.05, 0) is 23.6 Å². The van der Waals surface area contributed by atoms with E-state index in [1.807, 2.05) is 0 Å². The maximum absolute atomic E-state index is 12.8. The number of carbonyl (C=O) groups is 1. The lowest BCUT2D eigenvalue weighted by Gasteiger charge is -2.22. The SMILES string of the molecule is COc1cccc(NC(=O)C2=C(O)c3ccc4ccccc4c3S(=O)(=O)N2)c1. The van der Waals surface area contributed by atoms with Gasteiger partial charge in [0.05, 0.1) is 7.11 Å². The molecule has 1 aliphatic rings. The summed E-state index contributed by atoms with van der Waals surface area (Å²) in [6.07, 6.45) is 0. The molecule has 0 saturated carbocycles. The van der Waals surface area contributed by atoms with Crippen molar-refractivity contribution < 1.29 is 23.1 Å². The molecule has 0 bridgehead atoms. The van der Waals surface area contributed by atoms with Crippen LogP contribution in [0, 0.1) is 0 Å². The van der Waals surface area contributed by atoms with E-state index in [0.29, 0.717) is 22.2 Å². The number of benzene rings is 3. The van der Waals surface area contributed by atoms with Gasteiger partial charge in [-0.3, -0.25) is 9.52 Å². The molecule has 0 aromatic heterocycles. The number of nitrogens with one attached hydrogen (secondary N) is 2. The molecule has 0 unspecified atom stereocenters. The standard InChI is InChI=1S/C20H16N2O5S/c1-27-14-7-4-6-13(11-14)21-20(24)17-18(23)16-10-9-12-5-2-3-8-15(12)19(16)28(25,26)22-17/h2-11,22-23H,1H3,(H,21,24). The van der Waals surface area contributed by atoms with Crippen LogP contribution in [-0.4, -0.2) is 26.5 Å². The van der Waals surface area contributed by atoms with Gasteiger partial charge in [-0.25, -0.2) is 8.42 Å². The van der Waals surface area contributed by atoms with Crippen molar-refractivity contribution >= 4 is 38.1 Å². The van der Waals surface area contributed by atoms with E-state index in [4.69, 9.17) is 4.74 Å². The molecule has 1 aliphatic heterocycles. The van der Waals surface area contributed by atoms with Crippen LogP contribution in [0.5, 0.6) is 5.75 Å². The van der Waals surface area contributed by atoms with Crippen molar-refractivity contribution in [1.29, 1.82) is 0 Å². The average molecular weight is 396 g/mol. The first-order valence-electron chi connectivity index (χ1n) is 8.34. The quantitative estimate of drug-likeness (QED) is 0.631. The van der Waals surface area contributed by atoms with Crippen LogP contribution < -0.4 is 14.8 Å². The smallest absolute Gasteiger partial charge is 0.276 e. The summed E-state index contributed by atoms with van der Waals surface area (Å²) in [6, 6.07) is 16.7. The zero-order chi connectivity index (χ0) is 19.9. The van der Waals surface area contributed by atoms with Crippen molar-refractivity contribution in [3.05, 3.63) is 71.9 Å². The first kappa shape index (κ1) is 17.9. The molecule has 0 saturated heterocycles. The Balaban J connectivity index is 1.80. The Hall–Kier alpha value is -3.52. The van der Waals surface area contributed by atoms with Crippen LogP contribution in [0.15, 0.2) is 71.3 Å². The van der Waals surface area contributed by atoms with Crippen LogP contribution in [0.3, 0.4) is 0 Å². The summed E-state index contributed by atoms with van der Waals surface area (Å²) in [6.45, 7) is 0. The highest BCUT2D eigenvalue weighted by Gasteiger charge is 2.34. The lowest BCUT2D eigenvalue weighted by atomic mass is 10.0. The monoisotopic (exact) mass is 396 g/mol. The van der Waals surface area contributed by atoms with E-state index in [2.05, 4.69) is 10.0 Å². The summed E-state index contributed by atoms with van der Waals surface area (Å²) >= 11 is 0. The minimum atomic E-state index is -4.05. The van der Waals surface area contributed by atoms with E-state index in [1.54, 1.807) is 54.6 Å². The van der Waals surface area contributed by atoms with Crippen molar-refractivity contribution in [2.24, 2.45) is 0 Å². The van der Waals surface area contributed by atoms with E-state index in [9.17, 15) is 18.3 Å². The third kappa shape index (κ3) is 2.93. The Bertz CT molecular complexity index is 1250. The number of ether oxygens (including phenoxy) is 1. The predicted molar refractivity (Wildman–Crippen MR) is 105 cm³/mol. The lowest BCUT2D eigenvalue weighted by Crippen LogP contribution is -2.35. The lowest BCUT2D eigenvalue weighted by molar-refractivity contribution is -0.113. The summed E-state index contributed by atoms with van der Waals surface area (Å²) < 4.78 is 33.0. The van der Waals surface area contributed by atoms with Crippen LogP contribution >= 0.6 is 0 Å². The highest BCUT2D eigenvalue weighted by atomic mass is 32.2. The van der Waals surface area contributed by atoms with Gasteiger partial charge in [-0.15, -0.1) is 0 Å². The molecule has 4 rings (SSSR count). The molecular formula is C20H16N2O5S. The molecule has 142 valence electrons. The Labute approximate surface area is 161 Å². The van der Waals surface area contributed by atoms with Gasteiger partial charge in [-0.1, -0.05) is 36.4 Å². The number of hydrogen-bond acceptors (Lipinski definition) is 5. The summed E-state index contributed by atoms with van der Waals surface area (Å²) in [7, 11) is -2.56. The first-order valence-corrected chi connectivity index (χ1v) is 9.82. The number of hydrogen-bond donors (Lipinski definition) is 3. The number of amides is 1. The van der Waals surface area contributed by atoms with Crippen LogP contribution in [-0.2, 0) is 14.8 Å². The fourth-order valence-corrected chi connectivity index (χ4v) is 4.63. The predicted octanol–water partition coefficient (Wildman–Crippen LogP) is 3.01. The first-order chi connectivity index (χ1) is 13.4. The zero-order valence-corrected chi connectivity index (χ0v) is 15.6. The largest absolute Gasteiger partial charge is 0.505 e. The number of anilines is 1. The Morgan fingerprint density at radius 2 is 1.86 bits per heavy atom. The van der Waals surface area contributed by atoms with Crippen molar-refractivity contribution in [3.8, 4) is 5.75 Å². The van der Waals surface area contributed by atoms with Gasteiger partial charge in [0, 0.05) is 22.7 Å². The van der Waals surface area contributed by atoms with Crippen LogP contribution in [0.2, 0.25) is 0 Å². The number of aliphatic hydroxyl groups excluding tert-OH is 1. The highest BCUT2D eigenvalue weighted by Crippen LogP contribution is 2.35. The van der Waals surface area contributed by atoms with Gasteiger partial charge in [0.1, 0.15) is 10.6 Å². The fraction of sp³-hybridized carbons (Fsp3) is 0.0500. The summed E-state index contributed by atoms with van der Waals surface area (Å²) in [5, 5.41) is 14.4. The molecule has 0 atom stereocenters. The molecule has 8 heteroatoms. The second kappa shape index (κ2) is 6.58. The van der Waals surface area contributed by atoms with E-state index in [1.165, 1.54) is 13.2 Å². The third-order valence-electron chi connectivity index (χ3n) is 4.43. The molecule has 0 fully saturated rings. The molecule has 0 radical (unpaired) electrons. The number of fused-ring (bicyclic) bond motifs is 3. The molecule has 1 amide bonds. The molecule has 7 nitrogen and oxygen atoms in total. The summed E-state index contributed by atoms with van der Waals surface area (Å²) in [5.41, 5.74) is 0.0343. The maximum Gasteiger partial charge on any atom is 0.276 e. The zero-order valence-electron chi connectivity index (χ0n) is 14.8. The Kier molecular flexibility index (Phi) is 4.20. The molecule has 1 heterocycles. The van der Waals surface area contributed by atoms with E-state index in [0.717, 1.165) is 0 Å². The molecule has 3 N–H and O–H groups in total. The van der Waals surface area contributed by atoms with Crippen molar-refractivity contribution in [1.82, 2.24) is 4.72 Å². The number of sulfonamides is 1. The third-order valence-corrected chi connectivity index (χ3v) is 5.88. The Morgan fingerprint density at radius 3 is 2.64 bits per heavy atom. The molecule has 3 aromatic rings. The van der Waals surface area contributed by atoms with Gasteiger partial charge in [0.2, 0.25) is 0 Å². The maximum atomic E-state index is 12.8. The van der Waals surface area contributed by atoms with Gasteiger partial charge < -0.3 is 15.2 Å². The van der Waals surface area contributed by atoms with Crippen molar-refractivity contribution in [2.75, 3.05) is 12.4 Å². The van der Waals surface area contributed by atoms with Crippen molar-refractivity contribution in [3.63, 3.8) is 0 Å². The normalized spacial score (nSPS) is 14.9. The van der Waals surface area contributed by atoms with E-state index >= 15 is 0 Å². The van der Waals surface area contributed by atoms with Gasteiger partial charge >= 0.3 is 0 Å². The number of carbonyl (C=O) groups excluding carboxylic acids is 1. The number of methoxy groups -OCH3 is 1. The minimum absolute atomic E-state index is 0.0546. The summed E-state index contributed by atoms with van der Waals surface area (Å²) in [4.78, 5) is 12.6. The van der Waals surface area contributed by atoms with E-state index in [-0.39, 0.29) is 10.5 Å². The van der Waals surface area contributed by atoms with Gasteiger partial charge in [0.15, 0.2) is 11.5 Å². The topological polar surface area (TPSA) is 105 Å². The molecule has 28 heavy (non-hydrogen) atoms. The van der Waals surface area contributed by atoms with Crippen LogP contribution in [0.25, 0.3) is 16.5 Å². The van der Waals surface area contributed by atoms with Crippen LogP contribution in [0.4, 0.5) is 5.69 Å². The Morgan fingerprint density at radius 1 is 1.07 bits per heavy atom. The minimum Gasteiger partial charge on any atom is -0.505 e. The van der Waals surface area contributed by atoms with Gasteiger partial charge in [0.25, 0.3) is 15.9 Å². The summed E-state index contributed by atoms with van der Waals surface area (Å²) in [5.74, 6) is -0.693. The van der Waals surface area contributed by atoms with Crippen LogP contribution in [0.1, 0.15) is 5.56 Å². The second-order valence-electron chi connectivity index (χ2n) is 6.18. The molecule has 3 aromatic carbocycles. The second-order valence-corrected chi connectivity index (χ2v) is 7.80. The van der Waals surface area contributed by atoms with Gasteiger partial charge in [-0.2, -0.15) is 0 Å². The molecule has 0 aliphatic carbocycles.